The van der Waals surface area contributed by atoms with E-state index in [2.05, 4.69) is 34.4 Å². The molecule has 2 N–H and O–H groups in total. The summed E-state index contributed by atoms with van der Waals surface area (Å²) >= 11 is 0. The van der Waals surface area contributed by atoms with Gasteiger partial charge in [-0.3, -0.25) is 4.99 Å². The number of rotatable bonds is 7. The zero-order chi connectivity index (χ0) is 16.5. The highest BCUT2D eigenvalue weighted by atomic mass is 127. The molecule has 0 radical (unpaired) electrons. The van der Waals surface area contributed by atoms with Gasteiger partial charge in [0, 0.05) is 39.8 Å². The minimum atomic E-state index is 0. The van der Waals surface area contributed by atoms with Gasteiger partial charge in [0.2, 0.25) is 0 Å². The average Bonchev–Trinajstić information content (AvgIpc) is 3.02. The Hall–Kier alpha value is -0.0800. The van der Waals surface area contributed by atoms with Crippen molar-refractivity contribution in [1.82, 2.24) is 15.5 Å². The first-order chi connectivity index (χ1) is 11.2. The normalized spacial score (nSPS) is 28.5. The van der Waals surface area contributed by atoms with Crippen LogP contribution < -0.4 is 10.6 Å². The summed E-state index contributed by atoms with van der Waals surface area (Å²) in [5, 5.41) is 6.78. The molecule has 0 saturated carbocycles. The van der Waals surface area contributed by atoms with E-state index in [9.17, 15) is 0 Å². The molecule has 3 atom stereocenters. The van der Waals surface area contributed by atoms with Gasteiger partial charge in [0.15, 0.2) is 5.96 Å². The maximum absolute atomic E-state index is 5.62. The zero-order valence-corrected chi connectivity index (χ0v) is 18.1. The van der Waals surface area contributed by atoms with Gasteiger partial charge >= 0.3 is 0 Å². The first-order valence-electron chi connectivity index (χ1n) is 9.46. The summed E-state index contributed by atoms with van der Waals surface area (Å²) in [4.78, 5) is 6.93. The van der Waals surface area contributed by atoms with Crippen molar-refractivity contribution in [3.8, 4) is 0 Å². The topological polar surface area (TPSA) is 48.9 Å². The molecular formula is C18H37IN4O. The molecule has 2 saturated heterocycles. The quantitative estimate of drug-likeness (QED) is 0.270. The molecule has 0 aromatic rings. The number of halogens is 1. The number of hydrogen-bond donors (Lipinski definition) is 2. The van der Waals surface area contributed by atoms with Crippen molar-refractivity contribution in [3.63, 3.8) is 0 Å². The van der Waals surface area contributed by atoms with E-state index in [0.717, 1.165) is 43.9 Å². The van der Waals surface area contributed by atoms with Crippen molar-refractivity contribution in [2.24, 2.45) is 16.8 Å². The van der Waals surface area contributed by atoms with Gasteiger partial charge in [-0.05, 0) is 50.5 Å². The first-order valence-corrected chi connectivity index (χ1v) is 9.46. The third kappa shape index (κ3) is 8.34. The standard InChI is InChI=1S/C18H36N4O.HI/c1-15-11-16(2)14-22(13-15)9-5-4-8-20-18(19-3)21-12-17-7-6-10-23-17;/h15-17H,4-14H2,1-3H3,(H2,19,20,21);1H. The number of piperidine rings is 1. The van der Waals surface area contributed by atoms with Crippen molar-refractivity contribution in [2.75, 3.05) is 46.4 Å². The highest BCUT2D eigenvalue weighted by molar-refractivity contribution is 14.0. The molecule has 0 aromatic heterocycles. The molecule has 6 heteroatoms. The number of hydrogen-bond acceptors (Lipinski definition) is 3. The highest BCUT2D eigenvalue weighted by Crippen LogP contribution is 2.20. The second-order valence-electron chi connectivity index (χ2n) is 7.43. The summed E-state index contributed by atoms with van der Waals surface area (Å²) in [7, 11) is 1.83. The second-order valence-corrected chi connectivity index (χ2v) is 7.43. The lowest BCUT2D eigenvalue weighted by Gasteiger charge is -2.34. The summed E-state index contributed by atoms with van der Waals surface area (Å²) in [6.07, 6.45) is 6.56. The number of nitrogens with zero attached hydrogens (tertiary/aromatic N) is 2. The number of guanidine groups is 1. The molecule has 0 aromatic carbocycles. The van der Waals surface area contributed by atoms with Gasteiger partial charge in [0.25, 0.3) is 0 Å². The monoisotopic (exact) mass is 452 g/mol. The fourth-order valence-electron chi connectivity index (χ4n) is 3.88. The molecule has 2 aliphatic rings. The van der Waals surface area contributed by atoms with Crippen LogP contribution in [0.1, 0.15) is 46.0 Å². The van der Waals surface area contributed by atoms with E-state index in [1.807, 2.05) is 7.05 Å². The maximum Gasteiger partial charge on any atom is 0.191 e. The van der Waals surface area contributed by atoms with Crippen molar-refractivity contribution in [1.29, 1.82) is 0 Å². The van der Waals surface area contributed by atoms with Gasteiger partial charge in [-0.1, -0.05) is 13.8 Å². The Labute approximate surface area is 165 Å². The van der Waals surface area contributed by atoms with Crippen molar-refractivity contribution in [2.45, 2.75) is 52.1 Å². The van der Waals surface area contributed by atoms with E-state index >= 15 is 0 Å². The van der Waals surface area contributed by atoms with Crippen LogP contribution in [0.4, 0.5) is 0 Å². The Balaban J connectivity index is 0.00000288. The van der Waals surface area contributed by atoms with Crippen LogP contribution in [0.3, 0.4) is 0 Å². The lowest BCUT2D eigenvalue weighted by Crippen LogP contribution is -2.42. The third-order valence-electron chi connectivity index (χ3n) is 4.88. The number of nitrogens with one attached hydrogen (secondary N) is 2. The minimum Gasteiger partial charge on any atom is -0.376 e. The number of aliphatic imine (C=N–C) groups is 1. The smallest absolute Gasteiger partial charge is 0.191 e. The molecule has 2 rings (SSSR count). The van der Waals surface area contributed by atoms with Crippen molar-refractivity contribution in [3.05, 3.63) is 0 Å². The predicted molar refractivity (Wildman–Crippen MR) is 112 cm³/mol. The van der Waals surface area contributed by atoms with E-state index in [4.69, 9.17) is 4.74 Å². The molecule has 24 heavy (non-hydrogen) atoms. The maximum atomic E-state index is 5.62. The van der Waals surface area contributed by atoms with E-state index in [-0.39, 0.29) is 24.0 Å². The fraction of sp³-hybridized carbons (Fsp3) is 0.944. The molecular weight excluding hydrogens is 415 g/mol. The second kappa shape index (κ2) is 12.3. The Kier molecular flexibility index (Phi) is 11.3. The Bertz CT molecular complexity index is 351. The molecule has 0 spiro atoms. The number of likely N-dealkylation sites (tertiary alicyclic amines) is 1. The summed E-state index contributed by atoms with van der Waals surface area (Å²) in [6, 6.07) is 0. The molecule has 2 fully saturated rings. The third-order valence-corrected chi connectivity index (χ3v) is 4.88. The lowest BCUT2D eigenvalue weighted by atomic mass is 9.92. The first kappa shape index (κ1) is 22.0. The molecule has 142 valence electrons. The minimum absolute atomic E-state index is 0. The van der Waals surface area contributed by atoms with Gasteiger partial charge in [-0.15, -0.1) is 24.0 Å². The largest absolute Gasteiger partial charge is 0.376 e. The molecule has 5 nitrogen and oxygen atoms in total. The number of ether oxygens (including phenoxy) is 1. The van der Waals surface area contributed by atoms with Crippen LogP contribution in [0.5, 0.6) is 0 Å². The van der Waals surface area contributed by atoms with Crippen LogP contribution >= 0.6 is 24.0 Å². The lowest BCUT2D eigenvalue weighted by molar-refractivity contribution is 0.114. The highest BCUT2D eigenvalue weighted by Gasteiger charge is 2.21. The van der Waals surface area contributed by atoms with Gasteiger partial charge in [-0.2, -0.15) is 0 Å². The van der Waals surface area contributed by atoms with E-state index < -0.39 is 0 Å². The number of unbranched alkanes of at least 4 members (excludes halogenated alkanes) is 1. The molecule has 0 bridgehead atoms. The van der Waals surface area contributed by atoms with Crippen LogP contribution in [0.15, 0.2) is 4.99 Å². The van der Waals surface area contributed by atoms with E-state index in [1.54, 1.807) is 0 Å². The molecule has 2 heterocycles. The van der Waals surface area contributed by atoms with Crippen molar-refractivity contribution < 1.29 is 4.74 Å². The molecule has 2 aliphatic heterocycles. The SMILES string of the molecule is CN=C(NCCCCN1CC(C)CC(C)C1)NCC1CCCO1.I. The summed E-state index contributed by atoms with van der Waals surface area (Å²) < 4.78 is 5.62. The van der Waals surface area contributed by atoms with E-state index in [1.165, 1.54) is 45.3 Å². The predicted octanol–water partition coefficient (Wildman–Crippen LogP) is 2.71. The van der Waals surface area contributed by atoms with Gasteiger partial charge < -0.3 is 20.3 Å². The van der Waals surface area contributed by atoms with Crippen LogP contribution in [0, 0.1) is 11.8 Å². The van der Waals surface area contributed by atoms with Crippen LogP contribution in [-0.2, 0) is 4.74 Å². The summed E-state index contributed by atoms with van der Waals surface area (Å²) in [5.41, 5.74) is 0. The molecule has 0 amide bonds. The van der Waals surface area contributed by atoms with Gasteiger partial charge in [0.1, 0.15) is 0 Å². The summed E-state index contributed by atoms with van der Waals surface area (Å²) in [6.45, 7) is 11.3. The zero-order valence-electron chi connectivity index (χ0n) is 15.7. The van der Waals surface area contributed by atoms with Gasteiger partial charge in [0.05, 0.1) is 6.10 Å². The van der Waals surface area contributed by atoms with Gasteiger partial charge in [-0.25, -0.2) is 0 Å². The average molecular weight is 452 g/mol. The van der Waals surface area contributed by atoms with E-state index in [0.29, 0.717) is 6.10 Å². The summed E-state index contributed by atoms with van der Waals surface area (Å²) in [5.74, 6) is 2.62. The Morgan fingerprint density at radius 1 is 1.17 bits per heavy atom. The Morgan fingerprint density at radius 3 is 2.54 bits per heavy atom. The fourth-order valence-corrected chi connectivity index (χ4v) is 3.88. The molecule has 0 aliphatic carbocycles. The van der Waals surface area contributed by atoms with Crippen molar-refractivity contribution >= 4 is 29.9 Å². The van der Waals surface area contributed by atoms with Crippen LogP contribution in [0.25, 0.3) is 0 Å². The van der Waals surface area contributed by atoms with Crippen LogP contribution in [0.2, 0.25) is 0 Å². The molecule has 3 unspecified atom stereocenters. The Morgan fingerprint density at radius 2 is 1.92 bits per heavy atom. The van der Waals surface area contributed by atoms with Crippen LogP contribution in [-0.4, -0.2) is 63.3 Å².